The fourth-order valence-electron chi connectivity index (χ4n) is 4.64. The van der Waals surface area contributed by atoms with Gasteiger partial charge in [0.25, 0.3) is 0 Å². The molecule has 36 heavy (non-hydrogen) atoms. The highest BCUT2D eigenvalue weighted by molar-refractivity contribution is 6.30. The number of aromatic nitrogens is 1. The van der Waals surface area contributed by atoms with Gasteiger partial charge in [0.15, 0.2) is 0 Å². The van der Waals surface area contributed by atoms with Crippen LogP contribution in [0.5, 0.6) is 0 Å². The molecule has 7 nitrogen and oxygen atoms in total. The second-order valence-electron chi connectivity index (χ2n) is 9.08. The Bertz CT molecular complexity index is 1090. The zero-order valence-corrected chi connectivity index (χ0v) is 20.5. The number of alkyl halides is 3. The molecule has 11 heteroatoms. The molecule has 2 aliphatic rings. The fraction of sp³-hybridized carbons (Fsp3) is 0.480. The van der Waals surface area contributed by atoms with Crippen molar-refractivity contribution in [2.24, 2.45) is 0 Å². The predicted molar refractivity (Wildman–Crippen MR) is 132 cm³/mol. The summed E-state index contributed by atoms with van der Waals surface area (Å²) in [5, 5.41) is 12.7. The van der Waals surface area contributed by atoms with E-state index in [-0.39, 0.29) is 11.9 Å². The number of carbonyl (C=O) groups is 1. The largest absolute Gasteiger partial charge is 0.417 e. The Kier molecular flexibility index (Phi) is 8.21. The maximum atomic E-state index is 13.2. The first-order valence-corrected chi connectivity index (χ1v) is 12.4. The van der Waals surface area contributed by atoms with Crippen LogP contribution in [-0.4, -0.2) is 72.5 Å². The van der Waals surface area contributed by atoms with Gasteiger partial charge >= 0.3 is 6.18 Å². The van der Waals surface area contributed by atoms with Crippen LogP contribution in [0.2, 0.25) is 5.02 Å². The van der Waals surface area contributed by atoms with Crippen molar-refractivity contribution in [1.82, 2.24) is 14.8 Å². The van der Waals surface area contributed by atoms with Crippen LogP contribution in [0.4, 0.5) is 24.7 Å². The summed E-state index contributed by atoms with van der Waals surface area (Å²) >= 11 is 5.91. The van der Waals surface area contributed by atoms with E-state index in [2.05, 4.69) is 20.1 Å². The van der Waals surface area contributed by atoms with E-state index in [1.54, 1.807) is 12.3 Å². The molecule has 2 fully saturated rings. The van der Waals surface area contributed by atoms with Gasteiger partial charge in [-0.2, -0.15) is 18.4 Å². The van der Waals surface area contributed by atoms with E-state index in [1.807, 2.05) is 17.0 Å². The van der Waals surface area contributed by atoms with Crippen molar-refractivity contribution in [1.29, 1.82) is 5.26 Å². The third kappa shape index (κ3) is 6.59. The lowest BCUT2D eigenvalue weighted by atomic mass is 10.0. The molecule has 192 valence electrons. The number of rotatable bonds is 6. The molecule has 2 aliphatic heterocycles. The average molecular weight is 521 g/mol. The first-order chi connectivity index (χ1) is 17.2. The number of piperidine rings is 1. The number of hydrogen-bond acceptors (Lipinski definition) is 6. The molecule has 2 aromatic rings. The monoisotopic (exact) mass is 520 g/mol. The molecule has 0 aliphatic carbocycles. The highest BCUT2D eigenvalue weighted by Gasteiger charge is 2.34. The highest BCUT2D eigenvalue weighted by atomic mass is 35.5. The minimum atomic E-state index is -4.59. The van der Waals surface area contributed by atoms with Gasteiger partial charge < -0.3 is 15.1 Å². The summed E-state index contributed by atoms with van der Waals surface area (Å²) in [6, 6.07) is 8.98. The summed E-state index contributed by atoms with van der Waals surface area (Å²) < 4.78 is 39.6. The Hall–Kier alpha value is -3.03. The third-order valence-electron chi connectivity index (χ3n) is 6.71. The van der Waals surface area contributed by atoms with Crippen molar-refractivity contribution < 1.29 is 18.0 Å². The van der Waals surface area contributed by atoms with Crippen LogP contribution in [0.1, 0.15) is 30.4 Å². The maximum absolute atomic E-state index is 13.2. The normalized spacial score (nSPS) is 17.6. The second-order valence-corrected chi connectivity index (χ2v) is 9.52. The Morgan fingerprint density at radius 1 is 1.11 bits per heavy atom. The van der Waals surface area contributed by atoms with Gasteiger partial charge in [0.1, 0.15) is 5.82 Å². The maximum Gasteiger partial charge on any atom is 0.417 e. The molecule has 4 rings (SSSR count). The summed E-state index contributed by atoms with van der Waals surface area (Å²) in [6.07, 6.45) is -1.19. The van der Waals surface area contributed by atoms with Crippen molar-refractivity contribution in [3.05, 3.63) is 52.7 Å². The summed E-state index contributed by atoms with van der Waals surface area (Å²) in [6.45, 7) is 5.22. The van der Waals surface area contributed by atoms with Crippen molar-refractivity contribution in [2.45, 2.75) is 31.5 Å². The molecule has 0 saturated carbocycles. The van der Waals surface area contributed by atoms with Crippen LogP contribution in [0.3, 0.4) is 0 Å². The summed E-state index contributed by atoms with van der Waals surface area (Å²) in [5.41, 5.74) is -0.997. The van der Waals surface area contributed by atoms with Gasteiger partial charge in [-0.25, -0.2) is 4.98 Å². The van der Waals surface area contributed by atoms with Gasteiger partial charge in [-0.3, -0.25) is 9.69 Å². The van der Waals surface area contributed by atoms with Crippen LogP contribution in [-0.2, 0) is 11.0 Å². The molecule has 0 radical (unpaired) electrons. The van der Waals surface area contributed by atoms with Gasteiger partial charge in [0, 0.05) is 70.2 Å². The van der Waals surface area contributed by atoms with E-state index >= 15 is 0 Å². The van der Waals surface area contributed by atoms with E-state index in [1.165, 1.54) is 12.1 Å². The number of carbonyl (C=O) groups excluding carboxylic acids is 1. The van der Waals surface area contributed by atoms with Gasteiger partial charge in [-0.15, -0.1) is 0 Å². The molecule has 3 heterocycles. The lowest BCUT2D eigenvalue weighted by Gasteiger charge is -2.36. The van der Waals surface area contributed by atoms with Gasteiger partial charge in [-0.05, 0) is 43.2 Å². The van der Waals surface area contributed by atoms with Crippen LogP contribution in [0, 0.1) is 11.3 Å². The fourth-order valence-corrected chi connectivity index (χ4v) is 4.75. The SMILES string of the molecule is N#Cc1ccc(NC2CCN(C(=O)CCN3CCN(c4ccc(Cl)cn4)CC3)CC2)cc1C(F)(F)F. The van der Waals surface area contributed by atoms with E-state index in [0.29, 0.717) is 49.6 Å². The summed E-state index contributed by atoms with van der Waals surface area (Å²) in [5.74, 6) is 1.01. The number of benzene rings is 1. The Morgan fingerprint density at radius 2 is 1.83 bits per heavy atom. The predicted octanol–water partition coefficient (Wildman–Crippen LogP) is 4.24. The van der Waals surface area contributed by atoms with Crippen LogP contribution in [0.25, 0.3) is 0 Å². The van der Waals surface area contributed by atoms with E-state index in [9.17, 15) is 18.0 Å². The number of pyridine rings is 1. The number of nitrogens with one attached hydrogen (secondary N) is 1. The Balaban J connectivity index is 1.19. The molecule has 0 bridgehead atoms. The number of nitrogens with zero attached hydrogens (tertiary/aromatic N) is 5. The third-order valence-corrected chi connectivity index (χ3v) is 6.94. The van der Waals surface area contributed by atoms with Gasteiger partial charge in [0.05, 0.1) is 22.2 Å². The number of hydrogen-bond donors (Lipinski definition) is 1. The van der Waals surface area contributed by atoms with Gasteiger partial charge in [0.2, 0.25) is 5.91 Å². The number of halogens is 4. The summed E-state index contributed by atoms with van der Waals surface area (Å²) in [4.78, 5) is 23.4. The second kappa shape index (κ2) is 11.4. The van der Waals surface area contributed by atoms with E-state index in [4.69, 9.17) is 16.9 Å². The molecule has 1 amide bonds. The first-order valence-electron chi connectivity index (χ1n) is 12.0. The van der Waals surface area contributed by atoms with Crippen LogP contribution >= 0.6 is 11.6 Å². The number of piperazine rings is 1. The van der Waals surface area contributed by atoms with Crippen LogP contribution < -0.4 is 10.2 Å². The number of nitriles is 1. The number of amides is 1. The average Bonchev–Trinajstić information content (AvgIpc) is 2.88. The molecule has 1 N–H and O–H groups in total. The number of anilines is 2. The molecule has 0 atom stereocenters. The minimum Gasteiger partial charge on any atom is -0.382 e. The minimum absolute atomic E-state index is 0.0300. The molecular weight excluding hydrogens is 493 g/mol. The highest BCUT2D eigenvalue weighted by Crippen LogP contribution is 2.34. The van der Waals surface area contributed by atoms with Crippen molar-refractivity contribution >= 4 is 29.0 Å². The van der Waals surface area contributed by atoms with Crippen LogP contribution in [0.15, 0.2) is 36.5 Å². The van der Waals surface area contributed by atoms with Crippen molar-refractivity contribution in [3.8, 4) is 6.07 Å². The quantitative estimate of drug-likeness (QED) is 0.614. The Morgan fingerprint density at radius 3 is 2.44 bits per heavy atom. The topological polar surface area (TPSA) is 75.5 Å². The zero-order valence-electron chi connectivity index (χ0n) is 19.8. The summed E-state index contributed by atoms with van der Waals surface area (Å²) in [7, 11) is 0. The van der Waals surface area contributed by atoms with Crippen molar-refractivity contribution in [3.63, 3.8) is 0 Å². The van der Waals surface area contributed by atoms with Gasteiger partial charge in [-0.1, -0.05) is 11.6 Å². The molecule has 0 unspecified atom stereocenters. The lowest BCUT2D eigenvalue weighted by Crippen LogP contribution is -2.48. The molecule has 1 aromatic heterocycles. The first kappa shape index (κ1) is 26.0. The Labute approximate surface area is 213 Å². The molecule has 2 saturated heterocycles. The molecular formula is C25H28ClF3N6O. The lowest BCUT2D eigenvalue weighted by molar-refractivity contribution is -0.137. The zero-order chi connectivity index (χ0) is 25.7. The molecule has 1 aromatic carbocycles. The van der Waals surface area contributed by atoms with E-state index in [0.717, 1.165) is 38.1 Å². The van der Waals surface area contributed by atoms with Crippen molar-refractivity contribution in [2.75, 3.05) is 56.0 Å². The smallest absolute Gasteiger partial charge is 0.382 e. The number of likely N-dealkylation sites (tertiary alicyclic amines) is 1. The molecule has 0 spiro atoms. The standard InChI is InChI=1S/C25H28ClF3N6O/c26-19-2-4-23(31-17-19)34-13-11-33(12-14-34)8-7-24(36)35-9-5-20(6-10-35)32-21-3-1-18(16-30)22(15-21)25(27,28)29/h1-4,15,17,20,32H,5-14H2. The van der Waals surface area contributed by atoms with E-state index < -0.39 is 17.3 Å².